The Balaban J connectivity index is 1.89. The summed E-state index contributed by atoms with van der Waals surface area (Å²) in [5.41, 5.74) is 1.75. The fourth-order valence-electron chi connectivity index (χ4n) is 1.83. The number of ether oxygens (including phenoxy) is 1. The van der Waals surface area contributed by atoms with E-state index < -0.39 is 0 Å². The number of rotatable bonds is 6. The maximum Gasteiger partial charge on any atom is 0.234 e. The van der Waals surface area contributed by atoms with E-state index in [1.54, 1.807) is 18.2 Å². The number of hydrogen-bond acceptors (Lipinski definition) is 3. The van der Waals surface area contributed by atoms with Crippen LogP contribution in [0.25, 0.3) is 0 Å². The van der Waals surface area contributed by atoms with Crippen LogP contribution in [0.3, 0.4) is 0 Å². The molecule has 0 saturated heterocycles. The minimum absolute atomic E-state index is 0.152. The van der Waals surface area contributed by atoms with E-state index in [2.05, 4.69) is 5.32 Å². The van der Waals surface area contributed by atoms with Crippen LogP contribution in [0.15, 0.2) is 48.5 Å². The summed E-state index contributed by atoms with van der Waals surface area (Å²) in [6.45, 7) is 0.679. The van der Waals surface area contributed by atoms with Crippen molar-refractivity contribution in [2.75, 3.05) is 0 Å². The molecule has 0 aliphatic carbocycles. The molecule has 1 amide bonds. The fourth-order valence-corrected chi connectivity index (χ4v) is 1.83. The van der Waals surface area contributed by atoms with E-state index in [9.17, 15) is 9.18 Å². The SMILES string of the molecule is N#CCC(=O)NCc1cccc(OCc2ccc(F)cc2)c1. The molecule has 0 heterocycles. The molecule has 22 heavy (non-hydrogen) atoms. The average molecular weight is 298 g/mol. The normalized spacial score (nSPS) is 9.82. The molecule has 0 saturated carbocycles. The number of amides is 1. The summed E-state index contributed by atoms with van der Waals surface area (Å²) in [5, 5.41) is 11.1. The molecule has 4 nitrogen and oxygen atoms in total. The molecule has 0 bridgehead atoms. The number of nitrogens with one attached hydrogen (secondary N) is 1. The molecule has 0 aromatic heterocycles. The van der Waals surface area contributed by atoms with Gasteiger partial charge < -0.3 is 10.1 Å². The second-order valence-corrected chi connectivity index (χ2v) is 4.67. The fraction of sp³-hybridized carbons (Fsp3) is 0.176. The van der Waals surface area contributed by atoms with E-state index in [0.29, 0.717) is 18.9 Å². The lowest BCUT2D eigenvalue weighted by Gasteiger charge is -2.09. The summed E-state index contributed by atoms with van der Waals surface area (Å²) in [7, 11) is 0. The Morgan fingerprint density at radius 1 is 1.18 bits per heavy atom. The first-order valence-corrected chi connectivity index (χ1v) is 6.77. The van der Waals surface area contributed by atoms with Crippen LogP contribution in [0.1, 0.15) is 17.5 Å². The predicted molar refractivity (Wildman–Crippen MR) is 79.3 cm³/mol. The molecular weight excluding hydrogens is 283 g/mol. The molecule has 0 aliphatic heterocycles. The van der Waals surface area contributed by atoms with Crippen LogP contribution in [-0.2, 0) is 17.9 Å². The van der Waals surface area contributed by atoms with Crippen molar-refractivity contribution in [3.8, 4) is 11.8 Å². The van der Waals surface area contributed by atoms with E-state index in [1.165, 1.54) is 12.1 Å². The summed E-state index contributed by atoms with van der Waals surface area (Å²) in [4.78, 5) is 11.2. The van der Waals surface area contributed by atoms with Crippen LogP contribution in [-0.4, -0.2) is 5.91 Å². The quantitative estimate of drug-likeness (QED) is 0.892. The number of halogens is 1. The second kappa shape index (κ2) is 7.79. The number of nitriles is 1. The largest absolute Gasteiger partial charge is 0.489 e. The Morgan fingerprint density at radius 2 is 1.95 bits per heavy atom. The minimum Gasteiger partial charge on any atom is -0.489 e. The van der Waals surface area contributed by atoms with Gasteiger partial charge in [-0.2, -0.15) is 5.26 Å². The van der Waals surface area contributed by atoms with E-state index in [4.69, 9.17) is 10.00 Å². The lowest BCUT2D eigenvalue weighted by Crippen LogP contribution is -2.21. The van der Waals surface area contributed by atoms with Gasteiger partial charge in [0.15, 0.2) is 0 Å². The first-order valence-electron chi connectivity index (χ1n) is 6.77. The van der Waals surface area contributed by atoms with Crippen LogP contribution < -0.4 is 10.1 Å². The average Bonchev–Trinajstić information content (AvgIpc) is 2.53. The highest BCUT2D eigenvalue weighted by Gasteiger charge is 2.02. The summed E-state index contributed by atoms with van der Waals surface area (Å²) < 4.78 is 18.5. The molecular formula is C17H15FN2O2. The Labute approximate surface area is 128 Å². The van der Waals surface area contributed by atoms with E-state index in [1.807, 2.05) is 24.3 Å². The zero-order valence-corrected chi connectivity index (χ0v) is 11.9. The zero-order valence-electron chi connectivity index (χ0n) is 11.9. The molecule has 0 atom stereocenters. The number of carbonyl (C=O) groups is 1. The molecule has 2 rings (SSSR count). The standard InChI is InChI=1S/C17H15FN2O2/c18-15-6-4-13(5-7-15)12-22-16-3-1-2-14(10-16)11-20-17(21)8-9-19/h1-7,10H,8,11-12H2,(H,20,21). The molecule has 0 radical (unpaired) electrons. The van der Waals surface area contributed by atoms with Crippen molar-refractivity contribution in [3.63, 3.8) is 0 Å². The first-order chi connectivity index (χ1) is 10.7. The minimum atomic E-state index is -0.305. The summed E-state index contributed by atoms with van der Waals surface area (Å²) in [6, 6.07) is 15.2. The van der Waals surface area contributed by atoms with Gasteiger partial charge in [-0.05, 0) is 35.4 Å². The van der Waals surface area contributed by atoms with Crippen LogP contribution in [0.4, 0.5) is 4.39 Å². The highest BCUT2D eigenvalue weighted by molar-refractivity contribution is 5.77. The lowest BCUT2D eigenvalue weighted by atomic mass is 10.2. The number of benzene rings is 2. The molecule has 2 aromatic carbocycles. The molecule has 5 heteroatoms. The van der Waals surface area contributed by atoms with Gasteiger partial charge >= 0.3 is 0 Å². The maximum atomic E-state index is 12.8. The Morgan fingerprint density at radius 3 is 2.68 bits per heavy atom. The van der Waals surface area contributed by atoms with Gasteiger partial charge in [-0.25, -0.2) is 4.39 Å². The van der Waals surface area contributed by atoms with Crippen molar-refractivity contribution in [2.24, 2.45) is 0 Å². The van der Waals surface area contributed by atoms with Crippen LogP contribution in [0.5, 0.6) is 5.75 Å². The van der Waals surface area contributed by atoms with Gasteiger partial charge in [0.2, 0.25) is 5.91 Å². The number of hydrogen-bond donors (Lipinski definition) is 1. The van der Waals surface area contributed by atoms with Crippen LogP contribution >= 0.6 is 0 Å². The van der Waals surface area contributed by atoms with E-state index in [-0.39, 0.29) is 18.1 Å². The smallest absolute Gasteiger partial charge is 0.234 e. The third-order valence-corrected chi connectivity index (χ3v) is 2.95. The topological polar surface area (TPSA) is 62.1 Å². The van der Waals surface area contributed by atoms with Crippen molar-refractivity contribution in [1.82, 2.24) is 5.32 Å². The van der Waals surface area contributed by atoms with E-state index >= 15 is 0 Å². The van der Waals surface area contributed by atoms with Gasteiger partial charge in [0, 0.05) is 6.54 Å². The second-order valence-electron chi connectivity index (χ2n) is 4.67. The van der Waals surface area contributed by atoms with Crippen LogP contribution in [0.2, 0.25) is 0 Å². The van der Waals surface area contributed by atoms with Gasteiger partial charge in [0.05, 0.1) is 6.07 Å². The van der Waals surface area contributed by atoms with Gasteiger partial charge in [0.25, 0.3) is 0 Å². The van der Waals surface area contributed by atoms with Crippen molar-refractivity contribution >= 4 is 5.91 Å². The molecule has 0 aliphatic rings. The summed E-state index contributed by atoms with van der Waals surface area (Å²) >= 11 is 0. The van der Waals surface area contributed by atoms with Crippen molar-refractivity contribution in [1.29, 1.82) is 5.26 Å². The molecule has 112 valence electrons. The maximum absolute atomic E-state index is 12.8. The molecule has 2 aromatic rings. The highest BCUT2D eigenvalue weighted by Crippen LogP contribution is 2.15. The Bertz CT molecular complexity index is 678. The molecule has 1 N–H and O–H groups in total. The molecule has 0 fully saturated rings. The lowest BCUT2D eigenvalue weighted by molar-refractivity contribution is -0.120. The Hall–Kier alpha value is -2.87. The first kappa shape index (κ1) is 15.5. The summed E-state index contributed by atoms with van der Waals surface area (Å²) in [5.74, 6) is 0.0790. The predicted octanol–water partition coefficient (Wildman–Crippen LogP) is 2.93. The Kier molecular flexibility index (Phi) is 5.50. The van der Waals surface area contributed by atoms with Crippen molar-refractivity contribution in [2.45, 2.75) is 19.6 Å². The third kappa shape index (κ3) is 4.91. The molecule has 0 spiro atoms. The number of nitrogens with zero attached hydrogens (tertiary/aromatic N) is 1. The van der Waals surface area contributed by atoms with E-state index in [0.717, 1.165) is 11.1 Å². The van der Waals surface area contributed by atoms with Gasteiger partial charge in [-0.1, -0.05) is 24.3 Å². The van der Waals surface area contributed by atoms with Gasteiger partial charge in [-0.3, -0.25) is 4.79 Å². The summed E-state index contributed by atoms with van der Waals surface area (Å²) in [6.07, 6.45) is -0.152. The van der Waals surface area contributed by atoms with Gasteiger partial charge in [0.1, 0.15) is 24.6 Å². The zero-order chi connectivity index (χ0) is 15.8. The van der Waals surface area contributed by atoms with Crippen molar-refractivity contribution < 1.29 is 13.9 Å². The highest BCUT2D eigenvalue weighted by atomic mass is 19.1. The molecule has 0 unspecified atom stereocenters. The van der Waals surface area contributed by atoms with Crippen molar-refractivity contribution in [3.05, 3.63) is 65.5 Å². The number of carbonyl (C=O) groups excluding carboxylic acids is 1. The van der Waals surface area contributed by atoms with Crippen LogP contribution in [0, 0.1) is 17.1 Å². The van der Waals surface area contributed by atoms with Gasteiger partial charge in [-0.15, -0.1) is 0 Å². The monoisotopic (exact) mass is 298 g/mol. The third-order valence-electron chi connectivity index (χ3n) is 2.95.